The zero-order valence-electron chi connectivity index (χ0n) is 10.9. The number of nitrogen functional groups attached to an aromatic ring is 1. The van der Waals surface area contributed by atoms with Crippen LogP contribution in [0.3, 0.4) is 0 Å². The molecule has 0 unspecified atom stereocenters. The number of hydrogen-bond donors (Lipinski definition) is 2. The summed E-state index contributed by atoms with van der Waals surface area (Å²) in [6.07, 6.45) is 2.89. The van der Waals surface area contributed by atoms with E-state index in [1.165, 1.54) is 29.7 Å². The second-order valence-corrected chi connectivity index (χ2v) is 6.15. The Kier molecular flexibility index (Phi) is 4.28. The Morgan fingerprint density at radius 2 is 2.05 bits per heavy atom. The van der Waals surface area contributed by atoms with E-state index >= 15 is 0 Å². The Labute approximate surface area is 117 Å². The molecule has 3 N–H and O–H groups in total. The second-order valence-electron chi connectivity index (χ2n) is 4.11. The first kappa shape index (κ1) is 14.4. The summed E-state index contributed by atoms with van der Waals surface area (Å²) in [5, 5.41) is 0. The van der Waals surface area contributed by atoms with Gasteiger partial charge in [-0.25, -0.2) is 19.2 Å². The van der Waals surface area contributed by atoms with Gasteiger partial charge in [-0.15, -0.1) is 0 Å². The number of pyridine rings is 2. The lowest BCUT2D eigenvalue weighted by molar-refractivity contribution is 0.462. The number of hydrazine groups is 1. The first-order valence-electron chi connectivity index (χ1n) is 5.83. The molecular formula is C12H15N5O2S. The number of aromatic nitrogens is 2. The van der Waals surface area contributed by atoms with Gasteiger partial charge in [0.25, 0.3) is 0 Å². The van der Waals surface area contributed by atoms with E-state index in [9.17, 15) is 8.42 Å². The molecule has 0 aliphatic heterocycles. The van der Waals surface area contributed by atoms with E-state index in [0.29, 0.717) is 11.5 Å². The maximum atomic E-state index is 12.3. The fourth-order valence-corrected chi connectivity index (χ4v) is 2.69. The summed E-state index contributed by atoms with van der Waals surface area (Å²) in [6.45, 7) is 0.195. The Bertz CT molecular complexity index is 658. The van der Waals surface area contributed by atoms with Gasteiger partial charge in [0.05, 0.1) is 12.2 Å². The molecule has 2 aromatic heterocycles. The van der Waals surface area contributed by atoms with Gasteiger partial charge in [-0.3, -0.25) is 4.98 Å². The summed E-state index contributed by atoms with van der Waals surface area (Å²) in [5.41, 5.74) is 3.02. The standard InChI is InChI=1S/C12H15N5O2S/c1-17(9-10-4-2-3-7-14-10)20(18,19)11-5-6-12(16-13)15-8-11/h2-8H,9,13H2,1H3,(H,15,16). The summed E-state index contributed by atoms with van der Waals surface area (Å²) >= 11 is 0. The fourth-order valence-electron chi connectivity index (χ4n) is 1.60. The number of nitrogens with one attached hydrogen (secondary N) is 1. The van der Waals surface area contributed by atoms with Crippen molar-refractivity contribution in [1.82, 2.24) is 14.3 Å². The van der Waals surface area contributed by atoms with Gasteiger partial charge in [-0.1, -0.05) is 6.07 Å². The van der Waals surface area contributed by atoms with Gasteiger partial charge >= 0.3 is 0 Å². The number of sulfonamides is 1. The highest BCUT2D eigenvalue weighted by Crippen LogP contribution is 2.16. The molecule has 0 radical (unpaired) electrons. The zero-order valence-corrected chi connectivity index (χ0v) is 11.7. The van der Waals surface area contributed by atoms with E-state index in [0.717, 1.165) is 0 Å². The monoisotopic (exact) mass is 293 g/mol. The fraction of sp³-hybridized carbons (Fsp3) is 0.167. The minimum atomic E-state index is -3.60. The van der Waals surface area contributed by atoms with Crippen molar-refractivity contribution in [3.05, 3.63) is 48.4 Å². The average molecular weight is 293 g/mol. The third-order valence-electron chi connectivity index (χ3n) is 2.70. The van der Waals surface area contributed by atoms with Crippen LogP contribution in [0.15, 0.2) is 47.6 Å². The molecule has 0 spiro atoms. The van der Waals surface area contributed by atoms with Gasteiger partial charge in [0.2, 0.25) is 10.0 Å². The van der Waals surface area contributed by atoms with Gasteiger partial charge < -0.3 is 5.43 Å². The molecule has 0 saturated carbocycles. The van der Waals surface area contributed by atoms with Gasteiger partial charge in [0, 0.05) is 19.4 Å². The first-order valence-corrected chi connectivity index (χ1v) is 7.27. The Morgan fingerprint density at radius 1 is 1.25 bits per heavy atom. The summed E-state index contributed by atoms with van der Waals surface area (Å²) < 4.78 is 25.9. The second kappa shape index (κ2) is 5.95. The topological polar surface area (TPSA) is 101 Å². The van der Waals surface area contributed by atoms with Crippen LogP contribution >= 0.6 is 0 Å². The van der Waals surface area contributed by atoms with Crippen molar-refractivity contribution in [3.63, 3.8) is 0 Å². The van der Waals surface area contributed by atoms with Crippen molar-refractivity contribution >= 4 is 15.8 Å². The third kappa shape index (κ3) is 3.10. The van der Waals surface area contributed by atoms with Gasteiger partial charge in [-0.2, -0.15) is 4.31 Å². The average Bonchev–Trinajstić information content (AvgIpc) is 2.48. The number of rotatable bonds is 5. The molecule has 8 heteroatoms. The predicted molar refractivity (Wildman–Crippen MR) is 74.9 cm³/mol. The van der Waals surface area contributed by atoms with Crippen LogP contribution in [0.2, 0.25) is 0 Å². The molecule has 0 bridgehead atoms. The maximum absolute atomic E-state index is 12.3. The maximum Gasteiger partial charge on any atom is 0.244 e. The quantitative estimate of drug-likeness (QED) is 0.618. The van der Waals surface area contributed by atoms with E-state index in [1.54, 1.807) is 18.3 Å². The van der Waals surface area contributed by atoms with Gasteiger partial charge in [0.15, 0.2) is 0 Å². The van der Waals surface area contributed by atoms with Crippen molar-refractivity contribution in [2.24, 2.45) is 5.84 Å². The van der Waals surface area contributed by atoms with Crippen LogP contribution in [-0.4, -0.2) is 29.7 Å². The molecule has 2 aromatic rings. The SMILES string of the molecule is CN(Cc1ccccn1)S(=O)(=O)c1ccc(NN)nc1. The summed E-state index contributed by atoms with van der Waals surface area (Å²) in [5.74, 6) is 5.59. The van der Waals surface area contributed by atoms with Gasteiger partial charge in [-0.05, 0) is 24.3 Å². The molecule has 106 valence electrons. The molecule has 0 amide bonds. The highest BCUT2D eigenvalue weighted by atomic mass is 32.2. The van der Waals surface area contributed by atoms with E-state index in [1.807, 2.05) is 6.07 Å². The van der Waals surface area contributed by atoms with E-state index in [-0.39, 0.29) is 11.4 Å². The molecule has 7 nitrogen and oxygen atoms in total. The largest absolute Gasteiger partial charge is 0.308 e. The minimum Gasteiger partial charge on any atom is -0.308 e. The van der Waals surface area contributed by atoms with E-state index in [4.69, 9.17) is 5.84 Å². The highest BCUT2D eigenvalue weighted by molar-refractivity contribution is 7.89. The summed E-state index contributed by atoms with van der Waals surface area (Å²) in [7, 11) is -2.10. The predicted octanol–water partition coefficient (Wildman–Crippen LogP) is 0.583. The molecule has 0 aliphatic carbocycles. The van der Waals surface area contributed by atoms with Crippen LogP contribution in [0.5, 0.6) is 0 Å². The Morgan fingerprint density at radius 3 is 2.60 bits per heavy atom. The number of nitrogens with zero attached hydrogens (tertiary/aromatic N) is 3. The van der Waals surface area contributed by atoms with Crippen LogP contribution < -0.4 is 11.3 Å². The lowest BCUT2D eigenvalue weighted by Gasteiger charge is -2.16. The lowest BCUT2D eigenvalue weighted by Crippen LogP contribution is -2.27. The molecule has 0 aromatic carbocycles. The van der Waals surface area contributed by atoms with Crippen molar-refractivity contribution in [3.8, 4) is 0 Å². The number of nitrogens with two attached hydrogens (primary N) is 1. The molecule has 20 heavy (non-hydrogen) atoms. The highest BCUT2D eigenvalue weighted by Gasteiger charge is 2.21. The Balaban J connectivity index is 2.20. The summed E-state index contributed by atoms with van der Waals surface area (Å²) in [4.78, 5) is 8.11. The van der Waals surface area contributed by atoms with Crippen LogP contribution in [0.4, 0.5) is 5.82 Å². The van der Waals surface area contributed by atoms with E-state index < -0.39 is 10.0 Å². The van der Waals surface area contributed by atoms with Crippen molar-refractivity contribution < 1.29 is 8.42 Å². The molecule has 2 heterocycles. The smallest absolute Gasteiger partial charge is 0.244 e. The minimum absolute atomic E-state index is 0.106. The van der Waals surface area contributed by atoms with Gasteiger partial charge in [0.1, 0.15) is 10.7 Å². The molecular weight excluding hydrogens is 278 g/mol. The molecule has 0 atom stereocenters. The number of anilines is 1. The molecule has 2 rings (SSSR count). The van der Waals surface area contributed by atoms with Crippen LogP contribution in [0.1, 0.15) is 5.69 Å². The summed E-state index contributed by atoms with van der Waals surface area (Å²) in [6, 6.07) is 8.31. The lowest BCUT2D eigenvalue weighted by atomic mass is 10.3. The molecule has 0 aliphatic rings. The van der Waals surface area contributed by atoms with Crippen molar-refractivity contribution in [1.29, 1.82) is 0 Å². The first-order chi connectivity index (χ1) is 9.54. The van der Waals surface area contributed by atoms with Crippen molar-refractivity contribution in [2.45, 2.75) is 11.4 Å². The zero-order chi connectivity index (χ0) is 14.6. The third-order valence-corrected chi connectivity index (χ3v) is 4.49. The number of hydrogen-bond acceptors (Lipinski definition) is 6. The normalized spacial score (nSPS) is 11.6. The molecule has 0 saturated heterocycles. The Hall–Kier alpha value is -2.03. The van der Waals surface area contributed by atoms with E-state index in [2.05, 4.69) is 15.4 Å². The molecule has 0 fully saturated rings. The van der Waals surface area contributed by atoms with Crippen molar-refractivity contribution in [2.75, 3.05) is 12.5 Å². The van der Waals surface area contributed by atoms with Crippen LogP contribution in [0, 0.1) is 0 Å². The van der Waals surface area contributed by atoms with Crippen LogP contribution in [0.25, 0.3) is 0 Å². The van der Waals surface area contributed by atoms with Crippen LogP contribution in [-0.2, 0) is 16.6 Å².